The highest BCUT2D eigenvalue weighted by atomic mass is 35.5. The SMILES string of the molecule is CCC1(CC)C[C@H](NC(=O)COc2ccc(Cl)cc2Cl)c2ccccc2O1. The Bertz CT molecular complexity index is 821. The van der Waals surface area contributed by atoms with Gasteiger partial charge >= 0.3 is 0 Å². The summed E-state index contributed by atoms with van der Waals surface area (Å²) < 4.78 is 11.8. The van der Waals surface area contributed by atoms with E-state index >= 15 is 0 Å². The van der Waals surface area contributed by atoms with Crippen LogP contribution in [0.4, 0.5) is 0 Å². The first-order valence-corrected chi connectivity index (χ1v) is 9.87. The van der Waals surface area contributed by atoms with Crippen LogP contribution in [0.1, 0.15) is 44.7 Å². The molecule has 1 amide bonds. The number of hydrogen-bond donors (Lipinski definition) is 1. The van der Waals surface area contributed by atoms with Crippen LogP contribution in [-0.4, -0.2) is 18.1 Å². The van der Waals surface area contributed by atoms with Crippen LogP contribution in [0.2, 0.25) is 10.0 Å². The first-order chi connectivity index (χ1) is 13.0. The fraction of sp³-hybridized carbons (Fsp3) is 0.381. The Morgan fingerprint density at radius 1 is 1.22 bits per heavy atom. The molecule has 1 atom stereocenters. The largest absolute Gasteiger partial charge is 0.487 e. The van der Waals surface area contributed by atoms with E-state index in [0.717, 1.165) is 30.6 Å². The van der Waals surface area contributed by atoms with Crippen molar-refractivity contribution in [3.8, 4) is 11.5 Å². The Balaban J connectivity index is 1.70. The lowest BCUT2D eigenvalue weighted by Crippen LogP contribution is -2.45. The van der Waals surface area contributed by atoms with Crippen molar-refractivity contribution in [1.82, 2.24) is 5.32 Å². The predicted molar refractivity (Wildman–Crippen MR) is 108 cm³/mol. The van der Waals surface area contributed by atoms with Crippen LogP contribution >= 0.6 is 23.2 Å². The Morgan fingerprint density at radius 2 is 1.96 bits per heavy atom. The van der Waals surface area contributed by atoms with Gasteiger partial charge in [0.25, 0.3) is 5.91 Å². The van der Waals surface area contributed by atoms with Gasteiger partial charge in [-0.3, -0.25) is 4.79 Å². The number of carbonyl (C=O) groups is 1. The number of hydrogen-bond acceptors (Lipinski definition) is 3. The molecule has 0 saturated heterocycles. The third kappa shape index (κ3) is 4.50. The molecular formula is C21H23Cl2NO3. The maximum atomic E-state index is 12.5. The molecule has 0 aliphatic carbocycles. The summed E-state index contributed by atoms with van der Waals surface area (Å²) in [6, 6.07) is 12.6. The first kappa shape index (κ1) is 19.8. The van der Waals surface area contributed by atoms with E-state index in [1.54, 1.807) is 18.2 Å². The van der Waals surface area contributed by atoms with E-state index in [0.29, 0.717) is 15.8 Å². The molecule has 1 aliphatic heterocycles. The fourth-order valence-corrected chi connectivity index (χ4v) is 3.86. The van der Waals surface area contributed by atoms with E-state index in [9.17, 15) is 4.79 Å². The molecule has 1 aliphatic rings. The molecule has 0 unspecified atom stereocenters. The monoisotopic (exact) mass is 407 g/mol. The van der Waals surface area contributed by atoms with Crippen LogP contribution in [0.25, 0.3) is 0 Å². The zero-order valence-corrected chi connectivity index (χ0v) is 16.9. The summed E-state index contributed by atoms with van der Waals surface area (Å²) in [5.74, 6) is 1.06. The second kappa shape index (κ2) is 8.41. The lowest BCUT2D eigenvalue weighted by molar-refractivity contribution is -0.124. The van der Waals surface area contributed by atoms with Crippen molar-refractivity contribution in [3.05, 3.63) is 58.1 Å². The fourth-order valence-electron chi connectivity index (χ4n) is 3.40. The highest BCUT2D eigenvalue weighted by molar-refractivity contribution is 6.35. The van der Waals surface area contributed by atoms with Gasteiger partial charge in [0.15, 0.2) is 6.61 Å². The minimum atomic E-state index is -0.271. The molecule has 144 valence electrons. The van der Waals surface area contributed by atoms with Crippen LogP contribution in [-0.2, 0) is 4.79 Å². The normalized spacial score (nSPS) is 17.6. The third-order valence-electron chi connectivity index (χ3n) is 5.07. The summed E-state index contributed by atoms with van der Waals surface area (Å²) in [6.45, 7) is 4.11. The van der Waals surface area contributed by atoms with Gasteiger partial charge in [0.05, 0.1) is 11.1 Å². The highest BCUT2D eigenvalue weighted by Gasteiger charge is 2.38. The van der Waals surface area contributed by atoms with E-state index in [1.807, 2.05) is 24.3 Å². The quantitative estimate of drug-likeness (QED) is 0.680. The number of benzene rings is 2. The summed E-state index contributed by atoms with van der Waals surface area (Å²) >= 11 is 12.0. The minimum absolute atomic E-state index is 0.119. The van der Waals surface area contributed by atoms with Crippen molar-refractivity contribution in [2.75, 3.05) is 6.61 Å². The topological polar surface area (TPSA) is 47.6 Å². The minimum Gasteiger partial charge on any atom is -0.487 e. The zero-order valence-electron chi connectivity index (χ0n) is 15.4. The van der Waals surface area contributed by atoms with Gasteiger partial charge in [-0.1, -0.05) is 55.2 Å². The van der Waals surface area contributed by atoms with Crippen molar-refractivity contribution >= 4 is 29.1 Å². The van der Waals surface area contributed by atoms with Crippen LogP contribution in [0, 0.1) is 0 Å². The second-order valence-corrected chi connectivity index (χ2v) is 7.56. The van der Waals surface area contributed by atoms with Gasteiger partial charge in [-0.25, -0.2) is 0 Å². The summed E-state index contributed by atoms with van der Waals surface area (Å²) in [7, 11) is 0. The number of amides is 1. The van der Waals surface area contributed by atoms with Gasteiger partial charge < -0.3 is 14.8 Å². The van der Waals surface area contributed by atoms with E-state index in [-0.39, 0.29) is 24.2 Å². The molecule has 1 heterocycles. The van der Waals surface area contributed by atoms with E-state index in [4.69, 9.17) is 32.7 Å². The highest BCUT2D eigenvalue weighted by Crippen LogP contribution is 2.42. The molecule has 0 spiro atoms. The van der Waals surface area contributed by atoms with Gasteiger partial charge in [0, 0.05) is 17.0 Å². The molecule has 27 heavy (non-hydrogen) atoms. The summed E-state index contributed by atoms with van der Waals surface area (Å²) in [6.07, 6.45) is 2.48. The van der Waals surface area contributed by atoms with Crippen LogP contribution in [0.15, 0.2) is 42.5 Å². The molecular weight excluding hydrogens is 385 g/mol. The van der Waals surface area contributed by atoms with E-state index in [1.165, 1.54) is 0 Å². The van der Waals surface area contributed by atoms with Crippen molar-refractivity contribution in [1.29, 1.82) is 0 Å². The Hall–Kier alpha value is -1.91. The number of rotatable bonds is 6. The molecule has 1 N–H and O–H groups in total. The van der Waals surface area contributed by atoms with Gasteiger partial charge in [0.2, 0.25) is 0 Å². The van der Waals surface area contributed by atoms with Gasteiger partial charge in [-0.2, -0.15) is 0 Å². The average molecular weight is 408 g/mol. The third-order valence-corrected chi connectivity index (χ3v) is 5.60. The first-order valence-electron chi connectivity index (χ1n) is 9.11. The van der Waals surface area contributed by atoms with Crippen LogP contribution < -0.4 is 14.8 Å². The lowest BCUT2D eigenvalue weighted by atomic mass is 9.83. The number of nitrogens with one attached hydrogen (secondary N) is 1. The maximum absolute atomic E-state index is 12.5. The standard InChI is InChI=1S/C21H23Cl2NO3/c1-3-21(4-2)12-17(15-7-5-6-8-18(15)27-21)24-20(25)13-26-19-10-9-14(22)11-16(19)23/h5-11,17H,3-4,12-13H2,1-2H3,(H,24,25)/t17-/m0/s1. The average Bonchev–Trinajstić information content (AvgIpc) is 2.67. The van der Waals surface area contributed by atoms with Crippen molar-refractivity contribution in [2.45, 2.75) is 44.8 Å². The Kier molecular flexibility index (Phi) is 6.18. The molecule has 2 aromatic carbocycles. The Morgan fingerprint density at radius 3 is 2.67 bits per heavy atom. The molecule has 0 radical (unpaired) electrons. The summed E-state index contributed by atoms with van der Waals surface area (Å²) in [4.78, 5) is 12.5. The van der Waals surface area contributed by atoms with E-state index in [2.05, 4.69) is 19.2 Å². The van der Waals surface area contributed by atoms with Crippen LogP contribution in [0.5, 0.6) is 11.5 Å². The van der Waals surface area contributed by atoms with E-state index < -0.39 is 0 Å². The predicted octanol–water partition coefficient (Wildman–Crippen LogP) is 5.57. The molecule has 2 aromatic rings. The van der Waals surface area contributed by atoms with Gasteiger partial charge in [-0.15, -0.1) is 0 Å². The van der Waals surface area contributed by atoms with Gasteiger partial charge in [-0.05, 0) is 37.1 Å². The maximum Gasteiger partial charge on any atom is 0.258 e. The number of halogens is 2. The molecule has 0 aromatic heterocycles. The number of carbonyl (C=O) groups excluding carboxylic acids is 1. The number of fused-ring (bicyclic) bond motifs is 1. The molecule has 0 saturated carbocycles. The second-order valence-electron chi connectivity index (χ2n) is 6.72. The van der Waals surface area contributed by atoms with Crippen molar-refractivity contribution in [3.63, 3.8) is 0 Å². The lowest BCUT2D eigenvalue weighted by Gasteiger charge is -2.41. The molecule has 4 nitrogen and oxygen atoms in total. The molecule has 0 fully saturated rings. The van der Waals surface area contributed by atoms with Crippen molar-refractivity contribution in [2.24, 2.45) is 0 Å². The summed E-state index contributed by atoms with van der Waals surface area (Å²) in [5, 5.41) is 3.98. The summed E-state index contributed by atoms with van der Waals surface area (Å²) in [5.41, 5.74) is 0.722. The van der Waals surface area contributed by atoms with Crippen molar-refractivity contribution < 1.29 is 14.3 Å². The zero-order chi connectivity index (χ0) is 19.4. The Labute approximate surface area is 169 Å². The molecule has 3 rings (SSSR count). The number of ether oxygens (including phenoxy) is 2. The van der Waals surface area contributed by atoms with Gasteiger partial charge in [0.1, 0.15) is 17.1 Å². The smallest absolute Gasteiger partial charge is 0.258 e. The van der Waals surface area contributed by atoms with Crippen LogP contribution in [0.3, 0.4) is 0 Å². The number of para-hydroxylation sites is 1. The molecule has 6 heteroatoms. The molecule has 0 bridgehead atoms.